The highest BCUT2D eigenvalue weighted by Gasteiger charge is 2.55. The summed E-state index contributed by atoms with van der Waals surface area (Å²) in [4.78, 5) is 68.9. The Morgan fingerprint density at radius 2 is 1.03 bits per heavy atom. The minimum Gasteiger partial charge on any atom is -0.480 e. The Kier molecular flexibility index (Phi) is 7.47. The van der Waals surface area contributed by atoms with Gasteiger partial charge < -0.3 is 36.2 Å². The van der Waals surface area contributed by atoms with Crippen molar-refractivity contribution in [2.45, 2.75) is 25.0 Å². The number of hydrogen-bond acceptors (Lipinski definition) is 7. The van der Waals surface area contributed by atoms with Crippen molar-refractivity contribution in [3.05, 3.63) is 0 Å². The maximum atomic E-state index is 12.5. The maximum absolute atomic E-state index is 12.5. The van der Waals surface area contributed by atoms with E-state index in [4.69, 9.17) is 14.9 Å². The monoisotopic (exact) mass is 414 g/mol. The van der Waals surface area contributed by atoms with Crippen molar-refractivity contribution in [3.8, 4) is 0 Å². The van der Waals surface area contributed by atoms with Crippen LogP contribution in [0.5, 0.6) is 0 Å². The summed E-state index contributed by atoms with van der Waals surface area (Å²) in [6.45, 7) is -2.07. The van der Waals surface area contributed by atoms with E-state index in [2.05, 4.69) is 21.3 Å². The van der Waals surface area contributed by atoms with E-state index in [0.717, 1.165) is 0 Å². The van der Waals surface area contributed by atoms with E-state index in [-0.39, 0.29) is 0 Å². The molecular weight excluding hydrogens is 392 g/mol. The Hall–Kier alpha value is -3.22. The van der Waals surface area contributed by atoms with Gasteiger partial charge in [0.25, 0.3) is 0 Å². The van der Waals surface area contributed by atoms with E-state index >= 15 is 0 Å². The van der Waals surface area contributed by atoms with Crippen molar-refractivity contribution in [3.63, 3.8) is 0 Å². The van der Waals surface area contributed by atoms with Gasteiger partial charge in [0.15, 0.2) is 0 Å². The Morgan fingerprint density at radius 1 is 0.655 bits per heavy atom. The number of aliphatic carboxylic acids is 2. The summed E-state index contributed by atoms with van der Waals surface area (Å²) in [6.07, 6.45) is 0.130. The molecule has 2 fully saturated rings. The summed E-state index contributed by atoms with van der Waals surface area (Å²) < 4.78 is 5.63. The van der Waals surface area contributed by atoms with Crippen LogP contribution in [0.25, 0.3) is 0 Å². The first kappa shape index (κ1) is 22.1. The highest BCUT2D eigenvalue weighted by atomic mass is 16.5. The first-order valence-electron chi connectivity index (χ1n) is 8.87. The second-order valence-corrected chi connectivity index (χ2v) is 6.62. The van der Waals surface area contributed by atoms with Crippen LogP contribution in [0, 0.1) is 11.8 Å². The van der Waals surface area contributed by atoms with Gasteiger partial charge >= 0.3 is 11.9 Å². The second kappa shape index (κ2) is 9.82. The quantitative estimate of drug-likeness (QED) is 0.209. The predicted molar refractivity (Wildman–Crippen MR) is 92.2 cm³/mol. The van der Waals surface area contributed by atoms with Crippen LogP contribution in [0.2, 0.25) is 0 Å². The summed E-state index contributed by atoms with van der Waals surface area (Å²) in [5.41, 5.74) is 0. The molecule has 0 aliphatic carbocycles. The van der Waals surface area contributed by atoms with Crippen LogP contribution < -0.4 is 21.3 Å². The Bertz CT molecular complexity index is 653. The third-order valence-electron chi connectivity index (χ3n) is 4.60. The molecule has 2 aliphatic heterocycles. The van der Waals surface area contributed by atoms with Gasteiger partial charge in [-0.2, -0.15) is 0 Å². The second-order valence-electron chi connectivity index (χ2n) is 6.62. The molecule has 13 nitrogen and oxygen atoms in total. The first-order chi connectivity index (χ1) is 13.7. The van der Waals surface area contributed by atoms with E-state index in [9.17, 15) is 28.8 Å². The molecule has 0 aromatic rings. The number of fused-ring (bicyclic) bond motifs is 2. The SMILES string of the molecule is O=C(O)CNC(=O)CNC(=O)C1C2CCC(O2)C1C(=O)NCC(=O)NCC(=O)O. The molecule has 2 saturated heterocycles. The van der Waals surface area contributed by atoms with Crippen molar-refractivity contribution in [1.29, 1.82) is 0 Å². The molecule has 4 amide bonds. The number of ether oxygens (including phenoxy) is 1. The van der Waals surface area contributed by atoms with E-state index in [0.29, 0.717) is 12.8 Å². The topological polar surface area (TPSA) is 200 Å². The fraction of sp³-hybridized carbons (Fsp3) is 0.625. The van der Waals surface area contributed by atoms with Gasteiger partial charge in [-0.25, -0.2) is 0 Å². The molecule has 0 aromatic carbocycles. The molecule has 2 rings (SSSR count). The van der Waals surface area contributed by atoms with Gasteiger partial charge in [-0.3, -0.25) is 28.8 Å². The van der Waals surface area contributed by atoms with Crippen molar-refractivity contribution >= 4 is 35.6 Å². The lowest BCUT2D eigenvalue weighted by molar-refractivity contribution is -0.139. The molecule has 0 aromatic heterocycles. The minimum absolute atomic E-state index is 0.452. The molecule has 2 heterocycles. The van der Waals surface area contributed by atoms with Crippen molar-refractivity contribution in [2.75, 3.05) is 26.2 Å². The third kappa shape index (κ3) is 6.14. The summed E-state index contributed by atoms with van der Waals surface area (Å²) in [7, 11) is 0. The van der Waals surface area contributed by atoms with Gasteiger partial charge in [0.05, 0.1) is 37.1 Å². The van der Waals surface area contributed by atoms with Crippen LogP contribution in [-0.4, -0.2) is 84.2 Å². The number of rotatable bonds is 10. The van der Waals surface area contributed by atoms with Crippen LogP contribution in [0.3, 0.4) is 0 Å². The van der Waals surface area contributed by atoms with Crippen LogP contribution >= 0.6 is 0 Å². The number of amides is 4. The molecule has 4 unspecified atom stereocenters. The molecule has 13 heteroatoms. The maximum Gasteiger partial charge on any atom is 0.322 e. The summed E-state index contributed by atoms with van der Waals surface area (Å²) in [5, 5.41) is 26.0. The van der Waals surface area contributed by atoms with E-state index < -0.39 is 85.8 Å². The molecule has 2 aliphatic rings. The highest BCUT2D eigenvalue weighted by molar-refractivity contribution is 5.93. The van der Waals surface area contributed by atoms with Crippen molar-refractivity contribution in [1.82, 2.24) is 21.3 Å². The van der Waals surface area contributed by atoms with Gasteiger partial charge in [0.1, 0.15) is 13.1 Å². The average Bonchev–Trinajstić information content (AvgIpc) is 3.28. The molecular formula is C16H22N4O9. The van der Waals surface area contributed by atoms with Crippen LogP contribution in [0.4, 0.5) is 0 Å². The molecule has 160 valence electrons. The largest absolute Gasteiger partial charge is 0.480 e. The van der Waals surface area contributed by atoms with E-state index in [1.54, 1.807) is 0 Å². The average molecular weight is 414 g/mol. The van der Waals surface area contributed by atoms with Crippen molar-refractivity contribution < 1.29 is 43.7 Å². The molecule has 4 atom stereocenters. The van der Waals surface area contributed by atoms with Gasteiger partial charge in [0, 0.05) is 0 Å². The summed E-state index contributed by atoms with van der Waals surface area (Å²) in [5.74, 6) is -6.73. The fourth-order valence-electron chi connectivity index (χ4n) is 3.39. The molecule has 0 radical (unpaired) electrons. The summed E-state index contributed by atoms with van der Waals surface area (Å²) >= 11 is 0. The fourth-order valence-corrected chi connectivity index (χ4v) is 3.39. The molecule has 29 heavy (non-hydrogen) atoms. The predicted octanol–water partition coefficient (Wildman–Crippen LogP) is -3.59. The molecule has 0 spiro atoms. The number of carboxylic acids is 2. The molecule has 6 N–H and O–H groups in total. The zero-order chi connectivity index (χ0) is 21.6. The normalized spacial score (nSPS) is 24.4. The zero-order valence-corrected chi connectivity index (χ0v) is 15.3. The van der Waals surface area contributed by atoms with Crippen LogP contribution in [0.15, 0.2) is 0 Å². The Morgan fingerprint density at radius 3 is 1.38 bits per heavy atom. The Balaban J connectivity index is 1.88. The lowest BCUT2D eigenvalue weighted by atomic mass is 9.78. The van der Waals surface area contributed by atoms with Gasteiger partial charge in [-0.1, -0.05) is 0 Å². The number of carboxylic acid groups (broad SMARTS) is 2. The third-order valence-corrected chi connectivity index (χ3v) is 4.60. The number of nitrogens with one attached hydrogen (secondary N) is 4. The standard InChI is InChI=1S/C16H22N4O9/c21-9(17-5-11(23)24)3-19-15(27)13-7-1-2-8(29-7)14(13)16(28)20-4-10(22)18-6-12(25)26/h7-8,13-14H,1-6H2,(H,17,21)(H,18,22)(H,19,27)(H,20,28)(H,23,24)(H,25,26). The smallest absolute Gasteiger partial charge is 0.322 e. The number of carbonyl (C=O) groups excluding carboxylic acids is 4. The van der Waals surface area contributed by atoms with E-state index in [1.165, 1.54) is 0 Å². The molecule has 2 bridgehead atoms. The van der Waals surface area contributed by atoms with Crippen LogP contribution in [-0.2, 0) is 33.5 Å². The van der Waals surface area contributed by atoms with Gasteiger partial charge in [-0.15, -0.1) is 0 Å². The minimum atomic E-state index is -1.23. The van der Waals surface area contributed by atoms with E-state index in [1.807, 2.05) is 0 Å². The lowest BCUT2D eigenvalue weighted by Gasteiger charge is -2.26. The van der Waals surface area contributed by atoms with Gasteiger partial charge in [0.2, 0.25) is 23.6 Å². The number of carbonyl (C=O) groups is 6. The highest BCUT2D eigenvalue weighted by Crippen LogP contribution is 2.43. The lowest BCUT2D eigenvalue weighted by Crippen LogP contribution is -2.50. The van der Waals surface area contributed by atoms with Crippen molar-refractivity contribution in [2.24, 2.45) is 11.8 Å². The Labute approximate surface area is 164 Å². The van der Waals surface area contributed by atoms with Crippen LogP contribution in [0.1, 0.15) is 12.8 Å². The first-order valence-corrected chi connectivity index (χ1v) is 8.87. The summed E-state index contributed by atoms with van der Waals surface area (Å²) in [6, 6.07) is 0. The van der Waals surface area contributed by atoms with Gasteiger partial charge in [-0.05, 0) is 12.8 Å². The number of hydrogen-bond donors (Lipinski definition) is 6. The zero-order valence-electron chi connectivity index (χ0n) is 15.3. The molecule has 0 saturated carbocycles.